The van der Waals surface area contributed by atoms with Crippen molar-refractivity contribution in [1.29, 1.82) is 0 Å². The fraction of sp³-hybridized carbons (Fsp3) is 0.464. The van der Waals surface area contributed by atoms with E-state index in [1.807, 2.05) is 13.8 Å². The van der Waals surface area contributed by atoms with Crippen molar-refractivity contribution in [2.24, 2.45) is 0 Å². The molecule has 0 radical (unpaired) electrons. The zero-order valence-electron chi connectivity index (χ0n) is 23.8. The van der Waals surface area contributed by atoms with Gasteiger partial charge in [-0.15, -0.1) is 0 Å². The molecule has 0 fully saturated rings. The number of amides is 1. The van der Waals surface area contributed by atoms with Gasteiger partial charge in [-0.2, -0.15) is 0 Å². The third-order valence-electron chi connectivity index (χ3n) is 5.55. The minimum atomic E-state index is -0.935. The number of nitrogens with one attached hydrogen (secondary N) is 1. The van der Waals surface area contributed by atoms with E-state index in [0.717, 1.165) is 10.6 Å². The second-order valence-corrected chi connectivity index (χ2v) is 11.9. The summed E-state index contributed by atoms with van der Waals surface area (Å²) in [6.45, 7) is 13.9. The van der Waals surface area contributed by atoms with Gasteiger partial charge in [-0.05, 0) is 65.2 Å². The molecule has 0 spiro atoms. The van der Waals surface area contributed by atoms with Gasteiger partial charge in [0.05, 0.1) is 23.2 Å². The minimum Gasteiger partial charge on any atom is -0.460 e. The molecule has 12 heteroatoms. The van der Waals surface area contributed by atoms with E-state index >= 15 is 0 Å². The maximum absolute atomic E-state index is 14.3. The smallest absolute Gasteiger partial charge is 0.414 e. The number of carbonyl (C=O) groups excluding carboxylic acids is 2. The number of carbonyl (C=O) groups is 2. The Labute approximate surface area is 236 Å². The van der Waals surface area contributed by atoms with Gasteiger partial charge < -0.3 is 9.47 Å². The molecule has 1 aromatic carbocycles. The molecular formula is C28H34ClFN4O6. The number of H-pyrrole nitrogens is 1. The number of pyridine rings is 1. The van der Waals surface area contributed by atoms with E-state index < -0.39 is 45.5 Å². The van der Waals surface area contributed by atoms with Crippen LogP contribution in [-0.4, -0.2) is 44.3 Å². The lowest BCUT2D eigenvalue weighted by molar-refractivity contribution is -0.154. The fourth-order valence-corrected chi connectivity index (χ4v) is 4.15. The van der Waals surface area contributed by atoms with E-state index in [-0.39, 0.29) is 41.3 Å². The average Bonchev–Trinajstić information content (AvgIpc) is 2.78. The molecule has 2 aromatic heterocycles. The topological polar surface area (TPSA) is 124 Å². The lowest BCUT2D eigenvalue weighted by atomic mass is 9.99. The van der Waals surface area contributed by atoms with Crippen LogP contribution < -0.4 is 16.1 Å². The minimum absolute atomic E-state index is 0.156. The monoisotopic (exact) mass is 576 g/mol. The maximum atomic E-state index is 14.3. The first-order valence-electron chi connectivity index (χ1n) is 12.8. The molecular weight excluding hydrogens is 543 g/mol. The molecule has 1 amide bonds. The summed E-state index contributed by atoms with van der Waals surface area (Å²) in [7, 11) is 0. The number of ether oxygens (including phenoxy) is 2. The first kappa shape index (κ1) is 30.8. The Morgan fingerprint density at radius 3 is 2.30 bits per heavy atom. The van der Waals surface area contributed by atoms with Crippen LogP contribution in [0.5, 0.6) is 0 Å². The van der Waals surface area contributed by atoms with Crippen LogP contribution in [0.1, 0.15) is 73.3 Å². The largest absolute Gasteiger partial charge is 0.460 e. The molecule has 0 bridgehead atoms. The highest BCUT2D eigenvalue weighted by molar-refractivity contribution is 6.29. The van der Waals surface area contributed by atoms with Crippen LogP contribution in [0.3, 0.4) is 0 Å². The predicted molar refractivity (Wildman–Crippen MR) is 151 cm³/mol. The Balaban J connectivity index is 2.35. The molecule has 0 aliphatic carbocycles. The second-order valence-electron chi connectivity index (χ2n) is 11.6. The van der Waals surface area contributed by atoms with Gasteiger partial charge in [-0.3, -0.25) is 19.5 Å². The molecule has 0 saturated carbocycles. The summed E-state index contributed by atoms with van der Waals surface area (Å²) in [5.74, 6) is -1.67. The molecule has 0 aliphatic rings. The number of hydrogen-bond acceptors (Lipinski definition) is 7. The maximum Gasteiger partial charge on any atom is 0.414 e. The van der Waals surface area contributed by atoms with Crippen molar-refractivity contribution >= 4 is 40.4 Å². The van der Waals surface area contributed by atoms with Crippen LogP contribution >= 0.6 is 11.6 Å². The first-order chi connectivity index (χ1) is 18.4. The van der Waals surface area contributed by atoms with E-state index in [2.05, 4.69) is 9.97 Å². The van der Waals surface area contributed by atoms with Crippen LogP contribution in [0, 0.1) is 5.82 Å². The van der Waals surface area contributed by atoms with Gasteiger partial charge in [0.2, 0.25) is 0 Å². The Hall–Kier alpha value is -3.73. The number of esters is 1. The highest BCUT2D eigenvalue weighted by Gasteiger charge is 2.30. The van der Waals surface area contributed by atoms with Crippen molar-refractivity contribution in [1.82, 2.24) is 14.5 Å². The third kappa shape index (κ3) is 7.07. The van der Waals surface area contributed by atoms with Crippen LogP contribution in [-0.2, 0) is 14.3 Å². The number of hydrogen-bond donors (Lipinski definition) is 1. The van der Waals surface area contributed by atoms with Crippen molar-refractivity contribution in [2.75, 3.05) is 11.4 Å². The highest BCUT2D eigenvalue weighted by atomic mass is 35.5. The van der Waals surface area contributed by atoms with E-state index in [0.29, 0.717) is 5.56 Å². The van der Waals surface area contributed by atoms with Crippen molar-refractivity contribution in [3.8, 4) is 5.69 Å². The summed E-state index contributed by atoms with van der Waals surface area (Å²) >= 11 is 5.97. The lowest BCUT2D eigenvalue weighted by Gasteiger charge is -2.30. The van der Waals surface area contributed by atoms with Crippen molar-refractivity contribution in [3.05, 3.63) is 61.6 Å². The number of rotatable bonds is 6. The number of anilines is 1. The second kappa shape index (κ2) is 11.4. The summed E-state index contributed by atoms with van der Waals surface area (Å²) in [6, 6.07) is 5.91. The van der Waals surface area contributed by atoms with Gasteiger partial charge >= 0.3 is 17.8 Å². The van der Waals surface area contributed by atoms with Gasteiger partial charge in [0.1, 0.15) is 11.2 Å². The molecule has 1 N–H and O–H groups in total. The highest BCUT2D eigenvalue weighted by Crippen LogP contribution is 2.34. The van der Waals surface area contributed by atoms with E-state index in [9.17, 15) is 23.6 Å². The molecule has 3 rings (SSSR count). The normalized spacial score (nSPS) is 12.1. The number of aromatic nitrogens is 3. The van der Waals surface area contributed by atoms with Crippen LogP contribution in [0.25, 0.3) is 16.7 Å². The van der Waals surface area contributed by atoms with Crippen LogP contribution in [0.2, 0.25) is 5.15 Å². The summed E-state index contributed by atoms with van der Waals surface area (Å²) in [6.07, 6.45) is -0.963. The Morgan fingerprint density at radius 1 is 1.10 bits per heavy atom. The average molecular weight is 577 g/mol. The lowest BCUT2D eigenvalue weighted by Crippen LogP contribution is -2.40. The number of fused-ring (bicyclic) bond motifs is 1. The van der Waals surface area contributed by atoms with Gasteiger partial charge in [0, 0.05) is 6.54 Å². The Kier molecular flexibility index (Phi) is 8.78. The molecule has 0 saturated heterocycles. The summed E-state index contributed by atoms with van der Waals surface area (Å²) < 4.78 is 26.4. The quantitative estimate of drug-likeness (QED) is 0.305. The standard InChI is InChI=1S/C28H34ClFN4O6/c1-15(2)16-10-9-11-19(33(26(38)40-28(6,7)8)13-12-20(35)39-27(3,4)5)21(16)34-23-17(24(36)32-25(34)37)14-18(30)22(29)31-23/h9-11,14-15H,12-13H2,1-8H3,(H,32,36,37). The summed E-state index contributed by atoms with van der Waals surface area (Å²) in [5, 5.41) is -0.757. The number of para-hydroxylation sites is 1. The zero-order valence-corrected chi connectivity index (χ0v) is 24.6. The van der Waals surface area contributed by atoms with Gasteiger partial charge in [0.25, 0.3) is 5.56 Å². The number of benzene rings is 1. The molecule has 0 atom stereocenters. The van der Waals surface area contributed by atoms with E-state index in [4.69, 9.17) is 21.1 Å². The van der Waals surface area contributed by atoms with Crippen LogP contribution in [0.4, 0.5) is 14.9 Å². The summed E-state index contributed by atoms with van der Waals surface area (Å²) in [5.41, 5.74) is -2.57. The third-order valence-corrected chi connectivity index (χ3v) is 5.81. The van der Waals surface area contributed by atoms with E-state index in [1.165, 1.54) is 4.90 Å². The summed E-state index contributed by atoms with van der Waals surface area (Å²) in [4.78, 5) is 59.5. The molecule has 216 valence electrons. The SMILES string of the molecule is CC(C)c1cccc(N(CCC(=O)OC(C)(C)C)C(=O)OC(C)(C)C)c1-n1c(=O)[nH]c(=O)c2cc(F)c(Cl)nc21. The number of nitrogens with zero attached hydrogens (tertiary/aromatic N) is 3. The Bertz CT molecular complexity index is 1570. The molecule has 40 heavy (non-hydrogen) atoms. The molecule has 3 aromatic rings. The van der Waals surface area contributed by atoms with Gasteiger partial charge in [-0.1, -0.05) is 37.6 Å². The van der Waals surface area contributed by atoms with Crippen LogP contribution in [0.15, 0.2) is 33.9 Å². The van der Waals surface area contributed by atoms with Crippen molar-refractivity contribution < 1.29 is 23.5 Å². The zero-order chi connectivity index (χ0) is 30.2. The predicted octanol–water partition coefficient (Wildman–Crippen LogP) is 5.46. The first-order valence-corrected chi connectivity index (χ1v) is 13.1. The number of halogens is 2. The molecule has 10 nitrogen and oxygen atoms in total. The fourth-order valence-electron chi connectivity index (χ4n) is 4.02. The van der Waals surface area contributed by atoms with E-state index in [1.54, 1.807) is 59.7 Å². The Morgan fingerprint density at radius 2 is 1.73 bits per heavy atom. The van der Waals surface area contributed by atoms with Gasteiger partial charge in [-0.25, -0.2) is 23.5 Å². The molecule has 0 aliphatic heterocycles. The van der Waals surface area contributed by atoms with Crippen molar-refractivity contribution in [2.45, 2.75) is 78.9 Å². The van der Waals surface area contributed by atoms with Gasteiger partial charge in [0.15, 0.2) is 16.6 Å². The van der Waals surface area contributed by atoms with Crippen molar-refractivity contribution in [3.63, 3.8) is 0 Å². The molecule has 2 heterocycles. The number of aromatic amines is 1. The molecule has 0 unspecified atom stereocenters.